The summed E-state index contributed by atoms with van der Waals surface area (Å²) in [5.41, 5.74) is -0.0592. The minimum atomic E-state index is -5.23. The second-order valence-corrected chi connectivity index (χ2v) is 5.54. The fourth-order valence-corrected chi connectivity index (χ4v) is 2.41. The van der Waals surface area contributed by atoms with Gasteiger partial charge in [-0.2, -0.15) is 4.31 Å². The monoisotopic (exact) mass is 330 g/mol. The molecule has 0 amide bonds. The van der Waals surface area contributed by atoms with Gasteiger partial charge in [-0.15, -0.1) is 0 Å². The van der Waals surface area contributed by atoms with Crippen LogP contribution in [0.15, 0.2) is 30.3 Å². The third kappa shape index (κ3) is 9.52. The van der Waals surface area contributed by atoms with Crippen LogP contribution in [0, 0.1) is 0 Å². The van der Waals surface area contributed by atoms with Crippen molar-refractivity contribution in [2.45, 2.75) is 0 Å². The van der Waals surface area contributed by atoms with Gasteiger partial charge in [-0.05, 0) is 12.1 Å². The molecule has 1 unspecified atom stereocenters. The molecule has 0 fully saturated rings. The van der Waals surface area contributed by atoms with Gasteiger partial charge in [-0.3, -0.25) is 4.89 Å². The van der Waals surface area contributed by atoms with Crippen LogP contribution >= 0.6 is 15.6 Å². The standard InChI is InChI=1S/C7H8O8P2.2Na.2H/c8-7(6-4-2-1-3-5-6)14-17(12,13)15-16(9,10)11;;;;/h1-5H,(H,12,13)(H2,9,10,11);;;;. The van der Waals surface area contributed by atoms with Crippen molar-refractivity contribution in [3.05, 3.63) is 35.9 Å². The zero-order valence-corrected chi connectivity index (χ0v) is 9.95. The summed E-state index contributed by atoms with van der Waals surface area (Å²) in [6, 6.07) is 7.13. The molecule has 1 rings (SSSR count). The van der Waals surface area contributed by atoms with Gasteiger partial charge < -0.3 is 14.3 Å². The van der Waals surface area contributed by atoms with Crippen LogP contribution in [-0.4, -0.2) is 79.8 Å². The van der Waals surface area contributed by atoms with Gasteiger partial charge >= 0.3 is 80.7 Å². The van der Waals surface area contributed by atoms with Gasteiger partial charge in [0.15, 0.2) is 0 Å². The summed E-state index contributed by atoms with van der Waals surface area (Å²) in [7, 11) is -10.4. The van der Waals surface area contributed by atoms with Crippen molar-refractivity contribution >= 4 is 80.7 Å². The SMILES string of the molecule is O=C(OP(=O)(O)OP(=O)(O)O)c1ccccc1.[NaH].[NaH]. The molecular formula is C7H10Na2O8P2. The van der Waals surface area contributed by atoms with Gasteiger partial charge in [0.1, 0.15) is 0 Å². The molecule has 12 heteroatoms. The van der Waals surface area contributed by atoms with E-state index in [9.17, 15) is 13.9 Å². The van der Waals surface area contributed by atoms with Gasteiger partial charge in [0.2, 0.25) is 0 Å². The van der Waals surface area contributed by atoms with Crippen LogP contribution in [-0.2, 0) is 18.0 Å². The maximum atomic E-state index is 11.3. The first-order valence-corrected chi connectivity index (χ1v) is 7.11. The van der Waals surface area contributed by atoms with E-state index in [0.717, 1.165) is 0 Å². The molecule has 98 valence electrons. The van der Waals surface area contributed by atoms with E-state index in [1.807, 2.05) is 0 Å². The summed E-state index contributed by atoms with van der Waals surface area (Å²) in [6.45, 7) is 0. The molecular weight excluding hydrogens is 320 g/mol. The van der Waals surface area contributed by atoms with E-state index in [-0.39, 0.29) is 64.7 Å². The Bertz CT molecular complexity index is 501. The molecule has 1 aromatic carbocycles. The predicted molar refractivity (Wildman–Crippen MR) is 69.1 cm³/mol. The molecule has 0 bridgehead atoms. The average Bonchev–Trinajstić information content (AvgIpc) is 2.14. The van der Waals surface area contributed by atoms with E-state index in [2.05, 4.69) is 8.83 Å². The topological polar surface area (TPSA) is 130 Å². The fraction of sp³-hybridized carbons (Fsp3) is 0. The predicted octanol–water partition coefficient (Wildman–Crippen LogP) is -0.244. The normalized spacial score (nSPS) is 13.4. The molecule has 0 heterocycles. The third-order valence-electron chi connectivity index (χ3n) is 1.42. The van der Waals surface area contributed by atoms with Crippen LogP contribution < -0.4 is 0 Å². The zero-order chi connectivity index (χ0) is 13.1. The summed E-state index contributed by atoms with van der Waals surface area (Å²) in [5.74, 6) is -1.23. The summed E-state index contributed by atoms with van der Waals surface area (Å²) < 4.78 is 28.7. The first kappa shape index (κ1) is 22.3. The molecule has 1 aromatic rings. The molecule has 0 aliphatic heterocycles. The summed E-state index contributed by atoms with van der Waals surface area (Å²) in [5, 5.41) is 0. The molecule has 0 spiro atoms. The van der Waals surface area contributed by atoms with Gasteiger partial charge in [0, 0.05) is 0 Å². The van der Waals surface area contributed by atoms with Gasteiger partial charge in [-0.25, -0.2) is 13.9 Å². The van der Waals surface area contributed by atoms with E-state index < -0.39 is 21.6 Å². The molecule has 0 radical (unpaired) electrons. The second-order valence-electron chi connectivity index (χ2n) is 2.79. The van der Waals surface area contributed by atoms with Crippen LogP contribution in [0.3, 0.4) is 0 Å². The van der Waals surface area contributed by atoms with Crippen molar-refractivity contribution in [1.82, 2.24) is 0 Å². The number of hydrogen-bond donors (Lipinski definition) is 3. The summed E-state index contributed by atoms with van der Waals surface area (Å²) in [4.78, 5) is 36.7. The molecule has 19 heavy (non-hydrogen) atoms. The molecule has 0 aliphatic rings. The Morgan fingerprint density at radius 1 is 1.00 bits per heavy atom. The maximum absolute atomic E-state index is 11.3. The first-order valence-electron chi connectivity index (χ1n) is 4.08. The minimum absolute atomic E-state index is 0. The van der Waals surface area contributed by atoms with Crippen LogP contribution in [0.5, 0.6) is 0 Å². The number of phosphoric ester groups is 1. The Labute approximate surface area is 152 Å². The van der Waals surface area contributed by atoms with E-state index in [4.69, 9.17) is 14.7 Å². The number of phosphoric acid groups is 2. The molecule has 1 atom stereocenters. The Morgan fingerprint density at radius 2 is 1.47 bits per heavy atom. The second kappa shape index (κ2) is 9.10. The van der Waals surface area contributed by atoms with Crippen molar-refractivity contribution in [3.8, 4) is 0 Å². The van der Waals surface area contributed by atoms with Crippen molar-refractivity contribution < 1.29 is 37.4 Å². The van der Waals surface area contributed by atoms with E-state index in [1.165, 1.54) is 24.3 Å². The van der Waals surface area contributed by atoms with Crippen LogP contribution in [0.1, 0.15) is 10.4 Å². The van der Waals surface area contributed by atoms with Crippen molar-refractivity contribution in [1.29, 1.82) is 0 Å². The summed E-state index contributed by atoms with van der Waals surface area (Å²) >= 11 is 0. The average molecular weight is 330 g/mol. The van der Waals surface area contributed by atoms with Crippen molar-refractivity contribution in [2.75, 3.05) is 0 Å². The Morgan fingerprint density at radius 3 is 1.89 bits per heavy atom. The van der Waals surface area contributed by atoms with Crippen LogP contribution in [0.25, 0.3) is 0 Å². The fourth-order valence-electron chi connectivity index (χ4n) is 0.883. The van der Waals surface area contributed by atoms with Gasteiger partial charge in [-0.1, -0.05) is 18.2 Å². The van der Waals surface area contributed by atoms with Crippen LogP contribution in [0.4, 0.5) is 0 Å². The molecule has 8 nitrogen and oxygen atoms in total. The van der Waals surface area contributed by atoms with Gasteiger partial charge in [0.05, 0.1) is 5.56 Å². The molecule has 0 saturated carbocycles. The van der Waals surface area contributed by atoms with Crippen molar-refractivity contribution in [2.24, 2.45) is 0 Å². The van der Waals surface area contributed by atoms with Gasteiger partial charge in [0.25, 0.3) is 0 Å². The molecule has 0 aliphatic carbocycles. The number of carbonyl (C=O) groups is 1. The van der Waals surface area contributed by atoms with E-state index >= 15 is 0 Å². The number of hydrogen-bond acceptors (Lipinski definition) is 5. The quantitative estimate of drug-likeness (QED) is 0.509. The Kier molecular flexibility index (Phi) is 10.7. The van der Waals surface area contributed by atoms with E-state index in [1.54, 1.807) is 6.07 Å². The first-order chi connectivity index (χ1) is 7.70. The van der Waals surface area contributed by atoms with Crippen molar-refractivity contribution in [3.63, 3.8) is 0 Å². The number of benzene rings is 1. The van der Waals surface area contributed by atoms with Crippen LogP contribution in [0.2, 0.25) is 0 Å². The third-order valence-corrected chi connectivity index (χ3v) is 3.49. The summed E-state index contributed by atoms with van der Waals surface area (Å²) in [6.07, 6.45) is 0. The Hall–Kier alpha value is 0.990. The molecule has 0 saturated heterocycles. The zero-order valence-electron chi connectivity index (χ0n) is 8.16. The Balaban J connectivity index is 0. The molecule has 3 N–H and O–H groups in total. The number of rotatable bonds is 4. The molecule has 0 aromatic heterocycles. The number of carbonyl (C=O) groups excluding carboxylic acids is 1. The van der Waals surface area contributed by atoms with E-state index in [0.29, 0.717) is 0 Å².